The van der Waals surface area contributed by atoms with Gasteiger partial charge in [0.15, 0.2) is 9.84 Å². The highest BCUT2D eigenvalue weighted by Gasteiger charge is 2.40. The standard InChI is InChI=1S/C18H27NO3S2/c1-17(2,3)13-5-6-14-12(9-13)10-15(23-14)16(20)19-18(4)7-8-24(21,22)11-18/h10,13H,5-9,11H2,1-4H3,(H,19,20). The third-order valence-electron chi connectivity index (χ3n) is 5.45. The van der Waals surface area contributed by atoms with Crippen LogP contribution in [0.2, 0.25) is 0 Å². The van der Waals surface area contributed by atoms with Crippen molar-refractivity contribution in [2.24, 2.45) is 11.3 Å². The molecule has 1 aliphatic heterocycles. The normalized spacial score (nSPS) is 29.2. The maximum atomic E-state index is 12.6. The summed E-state index contributed by atoms with van der Waals surface area (Å²) >= 11 is 1.58. The van der Waals surface area contributed by atoms with Crippen molar-refractivity contribution in [1.29, 1.82) is 0 Å². The van der Waals surface area contributed by atoms with Crippen LogP contribution in [0.1, 0.15) is 60.6 Å². The van der Waals surface area contributed by atoms with Gasteiger partial charge < -0.3 is 5.32 Å². The van der Waals surface area contributed by atoms with Gasteiger partial charge in [-0.1, -0.05) is 20.8 Å². The quantitative estimate of drug-likeness (QED) is 0.871. The topological polar surface area (TPSA) is 63.2 Å². The largest absolute Gasteiger partial charge is 0.345 e. The van der Waals surface area contributed by atoms with E-state index >= 15 is 0 Å². The summed E-state index contributed by atoms with van der Waals surface area (Å²) in [5.41, 5.74) is 0.961. The average molecular weight is 370 g/mol. The number of hydrogen-bond donors (Lipinski definition) is 1. The first-order valence-electron chi connectivity index (χ1n) is 8.62. The fraction of sp³-hybridized carbons (Fsp3) is 0.722. The number of carbonyl (C=O) groups excluding carboxylic acids is 1. The Balaban J connectivity index is 1.73. The van der Waals surface area contributed by atoms with E-state index in [0.717, 1.165) is 17.7 Å². The van der Waals surface area contributed by atoms with E-state index in [9.17, 15) is 13.2 Å². The number of amides is 1. The molecule has 2 heterocycles. The van der Waals surface area contributed by atoms with Gasteiger partial charge in [-0.05, 0) is 55.6 Å². The second-order valence-electron chi connectivity index (χ2n) is 8.72. The van der Waals surface area contributed by atoms with E-state index in [-0.39, 0.29) is 22.8 Å². The predicted molar refractivity (Wildman–Crippen MR) is 98.4 cm³/mol. The second kappa shape index (κ2) is 5.84. The number of hydrogen-bond acceptors (Lipinski definition) is 4. The molecule has 2 atom stereocenters. The van der Waals surface area contributed by atoms with Crippen molar-refractivity contribution < 1.29 is 13.2 Å². The zero-order valence-electron chi connectivity index (χ0n) is 14.9. The lowest BCUT2D eigenvalue weighted by atomic mass is 9.72. The fourth-order valence-corrected chi connectivity index (χ4v) is 7.02. The van der Waals surface area contributed by atoms with Crippen LogP contribution >= 0.6 is 11.3 Å². The lowest BCUT2D eigenvalue weighted by molar-refractivity contribution is 0.0919. The maximum absolute atomic E-state index is 12.6. The third kappa shape index (κ3) is 3.69. The van der Waals surface area contributed by atoms with Gasteiger partial charge >= 0.3 is 0 Å². The Labute approximate surface area is 149 Å². The van der Waals surface area contributed by atoms with E-state index in [1.165, 1.54) is 16.9 Å². The number of thiophene rings is 1. The minimum Gasteiger partial charge on any atom is -0.345 e. The summed E-state index contributed by atoms with van der Waals surface area (Å²) in [4.78, 5) is 14.7. The molecule has 24 heavy (non-hydrogen) atoms. The van der Waals surface area contributed by atoms with Crippen molar-refractivity contribution in [1.82, 2.24) is 5.32 Å². The first-order valence-corrected chi connectivity index (χ1v) is 11.3. The highest BCUT2D eigenvalue weighted by atomic mass is 32.2. The summed E-state index contributed by atoms with van der Waals surface area (Å²) in [5.74, 6) is 0.732. The predicted octanol–water partition coefficient (Wildman–Crippen LogP) is 3.21. The van der Waals surface area contributed by atoms with Crippen LogP contribution in [0.5, 0.6) is 0 Å². The van der Waals surface area contributed by atoms with Gasteiger partial charge in [-0.3, -0.25) is 4.79 Å². The average Bonchev–Trinajstić information content (AvgIpc) is 2.97. The molecule has 1 aromatic rings. The zero-order chi connectivity index (χ0) is 17.8. The number of nitrogens with one attached hydrogen (secondary N) is 1. The molecule has 2 unspecified atom stereocenters. The highest BCUT2D eigenvalue weighted by Crippen LogP contribution is 2.40. The Morgan fingerprint density at radius 2 is 2.08 bits per heavy atom. The van der Waals surface area contributed by atoms with E-state index in [2.05, 4.69) is 26.1 Å². The van der Waals surface area contributed by atoms with Crippen molar-refractivity contribution in [2.75, 3.05) is 11.5 Å². The monoisotopic (exact) mass is 369 g/mol. The number of fused-ring (bicyclic) bond motifs is 1. The van der Waals surface area contributed by atoms with Crippen molar-refractivity contribution in [3.05, 3.63) is 21.4 Å². The molecule has 0 spiro atoms. The van der Waals surface area contributed by atoms with Crippen LogP contribution in [-0.4, -0.2) is 31.4 Å². The molecule has 4 nitrogen and oxygen atoms in total. The van der Waals surface area contributed by atoms with E-state index in [4.69, 9.17) is 0 Å². The number of sulfone groups is 1. The smallest absolute Gasteiger partial charge is 0.261 e. The molecule has 1 aromatic heterocycles. The van der Waals surface area contributed by atoms with Gasteiger partial charge in [0.05, 0.1) is 21.9 Å². The molecule has 0 radical (unpaired) electrons. The summed E-state index contributed by atoms with van der Waals surface area (Å²) in [6.07, 6.45) is 3.75. The Bertz CT molecular complexity index is 758. The van der Waals surface area contributed by atoms with Crippen LogP contribution < -0.4 is 5.32 Å². The molecular weight excluding hydrogens is 342 g/mol. The molecular formula is C18H27NO3S2. The molecule has 3 rings (SSSR count). The molecule has 1 saturated heterocycles. The highest BCUT2D eigenvalue weighted by molar-refractivity contribution is 7.91. The van der Waals surface area contributed by atoms with Gasteiger partial charge in [-0.25, -0.2) is 8.42 Å². The lowest BCUT2D eigenvalue weighted by Crippen LogP contribution is -2.46. The van der Waals surface area contributed by atoms with Gasteiger partial charge in [0.2, 0.25) is 0 Å². The van der Waals surface area contributed by atoms with E-state index in [1.54, 1.807) is 11.3 Å². The van der Waals surface area contributed by atoms with E-state index < -0.39 is 15.4 Å². The van der Waals surface area contributed by atoms with Crippen LogP contribution in [0, 0.1) is 11.3 Å². The van der Waals surface area contributed by atoms with Crippen LogP contribution in [0.15, 0.2) is 6.07 Å². The van der Waals surface area contributed by atoms with Gasteiger partial charge in [0, 0.05) is 4.88 Å². The van der Waals surface area contributed by atoms with E-state index in [1.807, 2.05) is 13.0 Å². The molecule has 6 heteroatoms. The zero-order valence-corrected chi connectivity index (χ0v) is 16.6. The molecule has 134 valence electrons. The second-order valence-corrected chi connectivity index (χ2v) is 12.0. The summed E-state index contributed by atoms with van der Waals surface area (Å²) in [6.45, 7) is 8.68. The Kier molecular flexibility index (Phi) is 4.36. The van der Waals surface area contributed by atoms with E-state index in [0.29, 0.717) is 12.3 Å². The van der Waals surface area contributed by atoms with Crippen molar-refractivity contribution in [3.63, 3.8) is 0 Å². The van der Waals surface area contributed by atoms with Crippen LogP contribution in [0.4, 0.5) is 0 Å². The van der Waals surface area contributed by atoms with Crippen LogP contribution in [-0.2, 0) is 22.7 Å². The molecule has 1 fully saturated rings. The van der Waals surface area contributed by atoms with Crippen molar-refractivity contribution in [3.8, 4) is 0 Å². The minimum absolute atomic E-state index is 0.0446. The Morgan fingerprint density at radius 3 is 2.67 bits per heavy atom. The molecule has 1 aliphatic carbocycles. The number of rotatable bonds is 2. The van der Waals surface area contributed by atoms with Crippen molar-refractivity contribution in [2.45, 2.75) is 58.9 Å². The van der Waals surface area contributed by atoms with Gasteiger partial charge in [0.1, 0.15) is 0 Å². The number of aryl methyl sites for hydroxylation is 1. The lowest BCUT2D eigenvalue weighted by Gasteiger charge is -2.33. The Morgan fingerprint density at radius 1 is 1.38 bits per heavy atom. The summed E-state index contributed by atoms with van der Waals surface area (Å²) in [5, 5.41) is 2.97. The molecule has 0 saturated carbocycles. The van der Waals surface area contributed by atoms with Gasteiger partial charge in [-0.2, -0.15) is 0 Å². The molecule has 1 amide bonds. The first-order chi connectivity index (χ1) is 11.0. The van der Waals surface area contributed by atoms with Crippen LogP contribution in [0.25, 0.3) is 0 Å². The summed E-state index contributed by atoms with van der Waals surface area (Å²) < 4.78 is 23.4. The SMILES string of the molecule is CC1(NC(=O)c2cc3c(s2)CCC(C(C)(C)C)C3)CCS(=O)(=O)C1. The third-order valence-corrected chi connectivity index (χ3v) is 8.59. The van der Waals surface area contributed by atoms with Crippen LogP contribution in [0.3, 0.4) is 0 Å². The Hall–Kier alpha value is -0.880. The fourth-order valence-electron chi connectivity index (χ4n) is 3.82. The minimum atomic E-state index is -3.02. The summed E-state index contributed by atoms with van der Waals surface area (Å²) in [6, 6.07) is 2.03. The van der Waals surface area contributed by atoms with Gasteiger partial charge in [0.25, 0.3) is 5.91 Å². The molecule has 0 bridgehead atoms. The molecule has 1 N–H and O–H groups in total. The maximum Gasteiger partial charge on any atom is 0.261 e. The van der Waals surface area contributed by atoms with Crippen molar-refractivity contribution >= 4 is 27.1 Å². The summed E-state index contributed by atoms with van der Waals surface area (Å²) in [7, 11) is -3.02. The molecule has 2 aliphatic rings. The number of carbonyl (C=O) groups is 1. The molecule has 0 aromatic carbocycles. The first kappa shape index (κ1) is 17.9. The van der Waals surface area contributed by atoms with Gasteiger partial charge in [-0.15, -0.1) is 11.3 Å².